The Morgan fingerprint density at radius 2 is 2.05 bits per heavy atom. The summed E-state index contributed by atoms with van der Waals surface area (Å²) < 4.78 is 13.0. The number of benzene rings is 2. The molecule has 2 aromatic carbocycles. The van der Waals surface area contributed by atoms with Gasteiger partial charge in [0, 0.05) is 6.07 Å². The average Bonchev–Trinajstić information content (AvgIpc) is 2.33. The minimum Gasteiger partial charge on any atom is -0.508 e. The van der Waals surface area contributed by atoms with Gasteiger partial charge in [-0.05, 0) is 29.8 Å². The topological polar surface area (TPSA) is 75.3 Å². The third-order valence-electron chi connectivity index (χ3n) is 2.56. The molecule has 0 bridgehead atoms. The van der Waals surface area contributed by atoms with E-state index in [-0.39, 0.29) is 29.6 Å². The van der Waals surface area contributed by atoms with E-state index < -0.39 is 0 Å². The summed E-state index contributed by atoms with van der Waals surface area (Å²) in [7, 11) is 0. The van der Waals surface area contributed by atoms with Crippen LogP contribution < -0.4 is 11.1 Å². The van der Waals surface area contributed by atoms with Crippen LogP contribution >= 0.6 is 0 Å². The summed E-state index contributed by atoms with van der Waals surface area (Å²) in [6, 6.07) is 10.1. The molecule has 19 heavy (non-hydrogen) atoms. The number of rotatable bonds is 3. The standard InChI is InChI=1S/C14H13FN2O2/c15-10-3-1-2-9(6-10)7-14(19)17-13-5-4-11(18)8-12(13)16/h1-6,8,18H,7,16H2,(H,17,19). The molecule has 0 aliphatic heterocycles. The molecule has 0 fully saturated rings. The van der Waals surface area contributed by atoms with E-state index in [1.54, 1.807) is 12.1 Å². The first-order valence-corrected chi connectivity index (χ1v) is 5.67. The zero-order valence-electron chi connectivity index (χ0n) is 10.1. The molecule has 0 saturated heterocycles. The van der Waals surface area contributed by atoms with Crippen molar-refractivity contribution in [3.63, 3.8) is 0 Å². The van der Waals surface area contributed by atoms with Crippen LogP contribution in [-0.2, 0) is 11.2 Å². The molecule has 4 N–H and O–H groups in total. The fraction of sp³-hybridized carbons (Fsp3) is 0.0714. The highest BCUT2D eigenvalue weighted by molar-refractivity contribution is 5.95. The Hall–Kier alpha value is -2.56. The largest absolute Gasteiger partial charge is 0.508 e. The van der Waals surface area contributed by atoms with Crippen molar-refractivity contribution in [3.05, 3.63) is 53.8 Å². The molecule has 0 aliphatic carbocycles. The zero-order valence-corrected chi connectivity index (χ0v) is 10.1. The van der Waals surface area contributed by atoms with E-state index in [9.17, 15) is 14.3 Å². The smallest absolute Gasteiger partial charge is 0.228 e. The van der Waals surface area contributed by atoms with Gasteiger partial charge in [0.05, 0.1) is 17.8 Å². The number of nitrogen functional groups attached to an aromatic ring is 1. The number of hydrogen-bond acceptors (Lipinski definition) is 3. The number of nitrogens with two attached hydrogens (primary N) is 1. The van der Waals surface area contributed by atoms with Gasteiger partial charge >= 0.3 is 0 Å². The average molecular weight is 260 g/mol. The van der Waals surface area contributed by atoms with Gasteiger partial charge in [0.25, 0.3) is 0 Å². The molecule has 0 spiro atoms. The van der Waals surface area contributed by atoms with Gasteiger partial charge < -0.3 is 16.2 Å². The molecule has 4 nitrogen and oxygen atoms in total. The molecule has 0 saturated carbocycles. The van der Waals surface area contributed by atoms with Crippen molar-refractivity contribution in [3.8, 4) is 5.75 Å². The Balaban J connectivity index is 2.05. The van der Waals surface area contributed by atoms with Crippen molar-refractivity contribution in [2.24, 2.45) is 0 Å². The fourth-order valence-electron chi connectivity index (χ4n) is 1.69. The summed E-state index contributed by atoms with van der Waals surface area (Å²) in [5.74, 6) is -0.655. The molecule has 0 aliphatic rings. The van der Waals surface area contributed by atoms with E-state index in [4.69, 9.17) is 5.73 Å². The highest BCUT2D eigenvalue weighted by atomic mass is 19.1. The molecule has 2 rings (SSSR count). The van der Waals surface area contributed by atoms with Crippen LogP contribution in [0.15, 0.2) is 42.5 Å². The van der Waals surface area contributed by atoms with Gasteiger partial charge in [0.15, 0.2) is 0 Å². The van der Waals surface area contributed by atoms with Crippen LogP contribution in [0.25, 0.3) is 0 Å². The summed E-state index contributed by atoms with van der Waals surface area (Å²) in [4.78, 5) is 11.8. The predicted molar refractivity (Wildman–Crippen MR) is 71.3 cm³/mol. The Labute approximate surface area is 109 Å². The minimum atomic E-state index is -0.380. The molecule has 0 unspecified atom stereocenters. The van der Waals surface area contributed by atoms with Crippen molar-refractivity contribution in [1.82, 2.24) is 0 Å². The SMILES string of the molecule is Nc1cc(O)ccc1NC(=O)Cc1cccc(F)c1. The third kappa shape index (κ3) is 3.45. The summed E-state index contributed by atoms with van der Waals surface area (Å²) in [6.45, 7) is 0. The molecular weight excluding hydrogens is 247 g/mol. The zero-order chi connectivity index (χ0) is 13.8. The van der Waals surface area contributed by atoms with E-state index in [0.29, 0.717) is 11.3 Å². The lowest BCUT2D eigenvalue weighted by molar-refractivity contribution is -0.115. The van der Waals surface area contributed by atoms with Crippen LogP contribution in [0.3, 0.4) is 0 Å². The molecule has 0 radical (unpaired) electrons. The quantitative estimate of drug-likeness (QED) is 0.585. The maximum Gasteiger partial charge on any atom is 0.228 e. The van der Waals surface area contributed by atoms with Gasteiger partial charge in [0.1, 0.15) is 11.6 Å². The maximum absolute atomic E-state index is 13.0. The lowest BCUT2D eigenvalue weighted by Gasteiger charge is -2.08. The van der Waals surface area contributed by atoms with Gasteiger partial charge in [-0.2, -0.15) is 0 Å². The predicted octanol–water partition coefficient (Wildman–Crippen LogP) is 2.29. The van der Waals surface area contributed by atoms with Gasteiger partial charge in [0.2, 0.25) is 5.91 Å². The number of amides is 1. The number of halogens is 1. The molecule has 0 atom stereocenters. The van der Waals surface area contributed by atoms with Crippen molar-refractivity contribution >= 4 is 17.3 Å². The highest BCUT2D eigenvalue weighted by Gasteiger charge is 2.07. The van der Waals surface area contributed by atoms with E-state index in [1.807, 2.05) is 0 Å². The monoisotopic (exact) mass is 260 g/mol. The van der Waals surface area contributed by atoms with Crippen LogP contribution in [0.1, 0.15) is 5.56 Å². The summed E-state index contributed by atoms with van der Waals surface area (Å²) in [6.07, 6.45) is 0.0536. The second kappa shape index (κ2) is 5.39. The molecule has 0 heterocycles. The third-order valence-corrected chi connectivity index (χ3v) is 2.56. The Bertz CT molecular complexity index is 614. The van der Waals surface area contributed by atoms with Crippen LogP contribution in [0, 0.1) is 5.82 Å². The van der Waals surface area contributed by atoms with E-state index in [1.165, 1.54) is 30.3 Å². The minimum absolute atomic E-state index is 0.0284. The maximum atomic E-state index is 13.0. The van der Waals surface area contributed by atoms with Crippen molar-refractivity contribution in [2.45, 2.75) is 6.42 Å². The van der Waals surface area contributed by atoms with Crippen LogP contribution in [0.2, 0.25) is 0 Å². The van der Waals surface area contributed by atoms with Gasteiger partial charge in [-0.25, -0.2) is 4.39 Å². The molecule has 2 aromatic rings. The Morgan fingerprint density at radius 3 is 2.74 bits per heavy atom. The van der Waals surface area contributed by atoms with Crippen LogP contribution in [0.5, 0.6) is 5.75 Å². The molecular formula is C14H13FN2O2. The summed E-state index contributed by atoms with van der Waals surface area (Å²) in [5, 5.41) is 11.8. The van der Waals surface area contributed by atoms with Crippen LogP contribution in [-0.4, -0.2) is 11.0 Å². The van der Waals surface area contributed by atoms with Crippen molar-refractivity contribution in [1.29, 1.82) is 0 Å². The first kappa shape index (κ1) is 12.9. The lowest BCUT2D eigenvalue weighted by Crippen LogP contribution is -2.15. The lowest BCUT2D eigenvalue weighted by atomic mass is 10.1. The fourth-order valence-corrected chi connectivity index (χ4v) is 1.69. The normalized spacial score (nSPS) is 10.2. The number of hydrogen-bond donors (Lipinski definition) is 3. The Morgan fingerprint density at radius 1 is 1.26 bits per heavy atom. The van der Waals surface area contributed by atoms with Crippen molar-refractivity contribution < 1.29 is 14.3 Å². The Kier molecular flexibility index (Phi) is 3.66. The number of carbonyl (C=O) groups is 1. The number of aromatic hydroxyl groups is 1. The van der Waals surface area contributed by atoms with Gasteiger partial charge in [-0.3, -0.25) is 4.79 Å². The van der Waals surface area contributed by atoms with E-state index >= 15 is 0 Å². The second-order valence-electron chi connectivity index (χ2n) is 4.13. The van der Waals surface area contributed by atoms with Gasteiger partial charge in [-0.15, -0.1) is 0 Å². The number of phenolic OH excluding ortho intramolecular Hbond substituents is 1. The molecule has 1 amide bonds. The second-order valence-corrected chi connectivity index (χ2v) is 4.13. The number of phenols is 1. The van der Waals surface area contributed by atoms with E-state index in [2.05, 4.69) is 5.32 Å². The van der Waals surface area contributed by atoms with Crippen LogP contribution in [0.4, 0.5) is 15.8 Å². The molecule has 0 aromatic heterocycles. The number of carbonyl (C=O) groups excluding carboxylic acids is 1. The summed E-state index contributed by atoms with van der Waals surface area (Å²) >= 11 is 0. The van der Waals surface area contributed by atoms with Crippen molar-refractivity contribution in [2.75, 3.05) is 11.1 Å². The first-order chi connectivity index (χ1) is 9.04. The van der Waals surface area contributed by atoms with Gasteiger partial charge in [-0.1, -0.05) is 12.1 Å². The molecule has 98 valence electrons. The number of nitrogens with one attached hydrogen (secondary N) is 1. The van der Waals surface area contributed by atoms with E-state index in [0.717, 1.165) is 0 Å². The molecule has 5 heteroatoms. The highest BCUT2D eigenvalue weighted by Crippen LogP contribution is 2.23. The summed E-state index contributed by atoms with van der Waals surface area (Å²) in [5.41, 5.74) is 6.92. The first-order valence-electron chi connectivity index (χ1n) is 5.67. The number of anilines is 2.